The summed E-state index contributed by atoms with van der Waals surface area (Å²) in [6, 6.07) is 13.6. The Balaban J connectivity index is 2.21. The topological polar surface area (TPSA) is 72.3 Å². The molecule has 30 heavy (non-hydrogen) atoms. The molecule has 1 N–H and O–H groups in total. The van der Waals surface area contributed by atoms with Crippen LogP contribution in [-0.2, 0) is 27.5 Å². The number of aryl methyl sites for hydroxylation is 2. The third kappa shape index (κ3) is 5.95. The summed E-state index contributed by atoms with van der Waals surface area (Å²) in [5, 5.41) is 10.6. The van der Waals surface area contributed by atoms with Gasteiger partial charge in [0.2, 0.25) is 0 Å². The van der Waals surface area contributed by atoms with E-state index in [1.54, 1.807) is 20.0 Å². The summed E-state index contributed by atoms with van der Waals surface area (Å²) in [5.41, 5.74) is 5.32. The normalized spacial score (nSPS) is 11.4. The molecule has 0 aliphatic heterocycles. The van der Waals surface area contributed by atoms with Crippen LogP contribution in [0.4, 0.5) is 0 Å². The standard InChI is InChI=1S/C24H27N3O3/c1-6-19-11-7-8-12-20(19)15-14-18(3)26-30-16-22-17(2)10-9-13-21(22)23(27-29-5)24(28)25-4/h7-13H,6,16H2,1-5H3,(H,25,28)/b26-18+,27-23+. The van der Waals surface area contributed by atoms with Crippen molar-refractivity contribution in [1.82, 2.24) is 5.32 Å². The predicted octanol–water partition coefficient (Wildman–Crippen LogP) is 3.60. The minimum absolute atomic E-state index is 0.173. The highest BCUT2D eigenvalue weighted by Gasteiger charge is 2.19. The third-order valence-corrected chi connectivity index (χ3v) is 4.48. The zero-order valence-electron chi connectivity index (χ0n) is 18.1. The van der Waals surface area contributed by atoms with Crippen LogP contribution in [0.15, 0.2) is 52.8 Å². The number of nitrogens with one attached hydrogen (secondary N) is 1. The molecule has 0 spiro atoms. The van der Waals surface area contributed by atoms with Crippen LogP contribution >= 0.6 is 0 Å². The Kier molecular flexibility index (Phi) is 8.64. The third-order valence-electron chi connectivity index (χ3n) is 4.48. The van der Waals surface area contributed by atoms with Gasteiger partial charge in [-0.25, -0.2) is 0 Å². The highest BCUT2D eigenvalue weighted by Crippen LogP contribution is 2.17. The number of nitrogens with zero attached hydrogens (tertiary/aromatic N) is 2. The summed E-state index contributed by atoms with van der Waals surface area (Å²) < 4.78 is 0. The molecule has 0 aliphatic carbocycles. The molecule has 156 valence electrons. The first kappa shape index (κ1) is 22.7. The van der Waals surface area contributed by atoms with Crippen molar-refractivity contribution in [3.05, 3.63) is 70.3 Å². The molecule has 0 aromatic heterocycles. The fraction of sp³-hybridized carbons (Fsp3) is 0.292. The lowest BCUT2D eigenvalue weighted by molar-refractivity contribution is -0.114. The molecule has 0 bridgehead atoms. The molecular formula is C24H27N3O3. The van der Waals surface area contributed by atoms with Gasteiger partial charge in [0.25, 0.3) is 5.91 Å². The number of carbonyl (C=O) groups is 1. The first-order chi connectivity index (χ1) is 14.5. The van der Waals surface area contributed by atoms with Crippen LogP contribution in [0.1, 0.15) is 41.7 Å². The zero-order valence-corrected chi connectivity index (χ0v) is 18.1. The van der Waals surface area contributed by atoms with Gasteiger partial charge in [0.1, 0.15) is 19.4 Å². The number of rotatable bonds is 7. The van der Waals surface area contributed by atoms with E-state index in [1.807, 2.05) is 37.3 Å². The van der Waals surface area contributed by atoms with E-state index in [0.717, 1.165) is 23.1 Å². The SMILES string of the molecule is CCc1ccccc1C#C/C(C)=N/OCc1c(C)cccc1/C(=N\OC)C(=O)NC. The van der Waals surface area contributed by atoms with Crippen LogP contribution in [0, 0.1) is 18.8 Å². The number of likely N-dealkylation sites (N-methyl/N-ethyl adjacent to an activating group) is 1. The van der Waals surface area contributed by atoms with Gasteiger partial charge in [-0.05, 0) is 43.4 Å². The van der Waals surface area contributed by atoms with Crippen molar-refractivity contribution < 1.29 is 14.5 Å². The zero-order chi connectivity index (χ0) is 21.9. The van der Waals surface area contributed by atoms with Gasteiger partial charge in [-0.1, -0.05) is 59.6 Å². The highest BCUT2D eigenvalue weighted by molar-refractivity contribution is 6.45. The van der Waals surface area contributed by atoms with Crippen LogP contribution in [0.5, 0.6) is 0 Å². The summed E-state index contributed by atoms with van der Waals surface area (Å²) in [6.07, 6.45) is 0.921. The predicted molar refractivity (Wildman–Crippen MR) is 119 cm³/mol. The van der Waals surface area contributed by atoms with E-state index in [-0.39, 0.29) is 18.2 Å². The maximum Gasteiger partial charge on any atom is 0.273 e. The summed E-state index contributed by atoms with van der Waals surface area (Å²) in [6.45, 7) is 6.01. The number of benzene rings is 2. The van der Waals surface area contributed by atoms with Gasteiger partial charge in [0.05, 0.1) is 0 Å². The molecule has 0 radical (unpaired) electrons. The summed E-state index contributed by atoms with van der Waals surface area (Å²) in [4.78, 5) is 22.6. The summed E-state index contributed by atoms with van der Waals surface area (Å²) >= 11 is 0. The molecule has 0 unspecified atom stereocenters. The van der Waals surface area contributed by atoms with E-state index < -0.39 is 0 Å². The average molecular weight is 405 g/mol. The van der Waals surface area contributed by atoms with Gasteiger partial charge in [-0.15, -0.1) is 0 Å². The van der Waals surface area contributed by atoms with Crippen molar-refractivity contribution in [2.45, 2.75) is 33.8 Å². The Labute approximate surface area is 178 Å². The second-order valence-electron chi connectivity index (χ2n) is 6.51. The molecule has 0 heterocycles. The number of oxime groups is 2. The van der Waals surface area contributed by atoms with E-state index in [0.29, 0.717) is 11.3 Å². The molecule has 0 saturated heterocycles. The van der Waals surface area contributed by atoms with Crippen molar-refractivity contribution in [1.29, 1.82) is 0 Å². The molecule has 1 amide bonds. The number of amides is 1. The Morgan fingerprint density at radius 1 is 1.13 bits per heavy atom. The Morgan fingerprint density at radius 3 is 2.60 bits per heavy atom. The second kappa shape index (κ2) is 11.4. The minimum atomic E-state index is -0.344. The molecule has 2 rings (SSSR count). The molecule has 0 aliphatic rings. The van der Waals surface area contributed by atoms with Gasteiger partial charge < -0.3 is 15.0 Å². The van der Waals surface area contributed by atoms with Crippen molar-refractivity contribution >= 4 is 17.3 Å². The minimum Gasteiger partial charge on any atom is -0.398 e. The van der Waals surface area contributed by atoms with Crippen LogP contribution in [-0.4, -0.2) is 31.5 Å². The van der Waals surface area contributed by atoms with Gasteiger partial charge >= 0.3 is 0 Å². The summed E-state index contributed by atoms with van der Waals surface area (Å²) in [7, 11) is 2.94. The molecule has 0 atom stereocenters. The van der Waals surface area contributed by atoms with E-state index in [9.17, 15) is 4.79 Å². The van der Waals surface area contributed by atoms with Gasteiger partial charge in [-0.2, -0.15) is 0 Å². The van der Waals surface area contributed by atoms with Crippen molar-refractivity contribution in [2.24, 2.45) is 10.3 Å². The van der Waals surface area contributed by atoms with Crippen molar-refractivity contribution in [3.8, 4) is 11.8 Å². The molecule has 6 nitrogen and oxygen atoms in total. The monoisotopic (exact) mass is 405 g/mol. The first-order valence-electron chi connectivity index (χ1n) is 9.70. The van der Waals surface area contributed by atoms with E-state index in [4.69, 9.17) is 9.68 Å². The molecule has 6 heteroatoms. The van der Waals surface area contributed by atoms with E-state index in [2.05, 4.69) is 40.5 Å². The Bertz CT molecular complexity index is 1010. The molecule has 0 fully saturated rings. The number of carbonyl (C=O) groups excluding carboxylic acids is 1. The van der Waals surface area contributed by atoms with Crippen molar-refractivity contribution in [2.75, 3.05) is 14.2 Å². The first-order valence-corrected chi connectivity index (χ1v) is 9.70. The quantitative estimate of drug-likeness (QED) is 0.435. The largest absolute Gasteiger partial charge is 0.398 e. The maximum atomic E-state index is 12.2. The van der Waals surface area contributed by atoms with E-state index >= 15 is 0 Å². The fourth-order valence-corrected chi connectivity index (χ4v) is 2.86. The van der Waals surface area contributed by atoms with Crippen molar-refractivity contribution in [3.63, 3.8) is 0 Å². The lowest BCUT2D eigenvalue weighted by Gasteiger charge is -2.12. The second-order valence-corrected chi connectivity index (χ2v) is 6.51. The smallest absolute Gasteiger partial charge is 0.273 e. The molecule has 2 aromatic carbocycles. The molecule has 2 aromatic rings. The van der Waals surface area contributed by atoms with Crippen LogP contribution in [0.2, 0.25) is 0 Å². The van der Waals surface area contributed by atoms with E-state index in [1.165, 1.54) is 12.7 Å². The summed E-state index contributed by atoms with van der Waals surface area (Å²) in [5.74, 6) is 5.83. The van der Waals surface area contributed by atoms with Crippen LogP contribution < -0.4 is 5.32 Å². The van der Waals surface area contributed by atoms with Gasteiger partial charge in [-0.3, -0.25) is 4.79 Å². The Morgan fingerprint density at radius 2 is 1.90 bits per heavy atom. The average Bonchev–Trinajstić information content (AvgIpc) is 2.76. The highest BCUT2D eigenvalue weighted by atomic mass is 16.6. The van der Waals surface area contributed by atoms with Gasteiger partial charge in [0, 0.05) is 23.7 Å². The van der Waals surface area contributed by atoms with Crippen LogP contribution in [0.25, 0.3) is 0 Å². The maximum absolute atomic E-state index is 12.2. The number of hydrogen-bond acceptors (Lipinski definition) is 5. The molecule has 0 saturated carbocycles. The molecular weight excluding hydrogens is 378 g/mol. The van der Waals surface area contributed by atoms with Gasteiger partial charge in [0.15, 0.2) is 5.71 Å². The lowest BCUT2D eigenvalue weighted by Crippen LogP contribution is -2.29. The van der Waals surface area contributed by atoms with Crippen LogP contribution in [0.3, 0.4) is 0 Å². The number of hydrogen-bond donors (Lipinski definition) is 1. The Hall–Kier alpha value is -3.59. The lowest BCUT2D eigenvalue weighted by atomic mass is 9.98. The fourth-order valence-electron chi connectivity index (χ4n) is 2.86.